The Kier molecular flexibility index (Phi) is 6.32. The summed E-state index contributed by atoms with van der Waals surface area (Å²) in [5, 5.41) is 3.32. The van der Waals surface area contributed by atoms with Crippen LogP contribution in [0.15, 0.2) is 12.3 Å². The van der Waals surface area contributed by atoms with E-state index in [0.29, 0.717) is 31.1 Å². The lowest BCUT2D eigenvalue weighted by molar-refractivity contribution is 0.270. The third-order valence-electron chi connectivity index (χ3n) is 2.01. The summed E-state index contributed by atoms with van der Waals surface area (Å²) in [6, 6.07) is 2.60. The van der Waals surface area contributed by atoms with Crippen molar-refractivity contribution >= 4 is 0 Å². The molecule has 0 aliphatic heterocycles. The highest BCUT2D eigenvalue weighted by molar-refractivity contribution is 5.10. The number of aromatic nitrogens is 2. The van der Waals surface area contributed by atoms with Crippen molar-refractivity contribution in [2.24, 2.45) is 0 Å². The van der Waals surface area contributed by atoms with E-state index in [9.17, 15) is 0 Å². The molecular weight excluding hydrogens is 218 g/mol. The summed E-state index contributed by atoms with van der Waals surface area (Å²) in [4.78, 5) is 8.14. The smallest absolute Gasteiger partial charge is 0.319 e. The van der Waals surface area contributed by atoms with Gasteiger partial charge in [-0.3, -0.25) is 0 Å². The lowest BCUT2D eigenvalue weighted by Crippen LogP contribution is -2.24. The van der Waals surface area contributed by atoms with E-state index in [2.05, 4.69) is 29.1 Å². The largest absolute Gasteiger partial charge is 0.478 e. The Bertz CT molecular complexity index is 318. The van der Waals surface area contributed by atoms with Crippen molar-refractivity contribution in [2.75, 3.05) is 19.8 Å². The van der Waals surface area contributed by atoms with Gasteiger partial charge in [0, 0.05) is 18.3 Å². The maximum Gasteiger partial charge on any atom is 0.319 e. The first-order valence-electron chi connectivity index (χ1n) is 6.04. The van der Waals surface area contributed by atoms with E-state index in [-0.39, 0.29) is 0 Å². The molecule has 0 spiro atoms. The Morgan fingerprint density at radius 3 is 2.88 bits per heavy atom. The van der Waals surface area contributed by atoms with Crippen LogP contribution in [0.5, 0.6) is 11.9 Å². The first-order chi connectivity index (χ1) is 8.22. The molecule has 0 atom stereocenters. The van der Waals surface area contributed by atoms with E-state index in [4.69, 9.17) is 9.47 Å². The molecule has 0 aromatic carbocycles. The number of hydrogen-bond acceptors (Lipinski definition) is 5. The van der Waals surface area contributed by atoms with Crippen LogP contribution in [0.3, 0.4) is 0 Å². The zero-order chi connectivity index (χ0) is 12.5. The first kappa shape index (κ1) is 13.7. The summed E-state index contributed by atoms with van der Waals surface area (Å²) in [7, 11) is 0. The van der Waals surface area contributed by atoms with Gasteiger partial charge < -0.3 is 14.8 Å². The molecule has 0 fully saturated rings. The molecule has 0 saturated carbocycles. The third-order valence-corrected chi connectivity index (χ3v) is 2.01. The fourth-order valence-electron chi connectivity index (χ4n) is 1.25. The van der Waals surface area contributed by atoms with Crippen LogP contribution in [-0.2, 0) is 0 Å². The molecule has 0 unspecified atom stereocenters. The third kappa shape index (κ3) is 6.06. The van der Waals surface area contributed by atoms with E-state index in [0.717, 1.165) is 13.0 Å². The fraction of sp³-hybridized carbons (Fsp3) is 0.667. The molecule has 17 heavy (non-hydrogen) atoms. The van der Waals surface area contributed by atoms with Gasteiger partial charge in [-0.05, 0) is 19.9 Å². The van der Waals surface area contributed by atoms with E-state index < -0.39 is 0 Å². The minimum Gasteiger partial charge on any atom is -0.478 e. The molecule has 1 heterocycles. The van der Waals surface area contributed by atoms with Crippen LogP contribution in [0.4, 0.5) is 0 Å². The van der Waals surface area contributed by atoms with Gasteiger partial charge in [-0.25, -0.2) is 4.98 Å². The summed E-state index contributed by atoms with van der Waals surface area (Å²) in [5.41, 5.74) is 0. The summed E-state index contributed by atoms with van der Waals surface area (Å²) in [6.45, 7) is 8.29. The maximum absolute atomic E-state index is 5.43. The molecule has 0 radical (unpaired) electrons. The Hall–Kier alpha value is -1.36. The van der Waals surface area contributed by atoms with Crippen molar-refractivity contribution in [3.8, 4) is 11.9 Å². The molecule has 1 aromatic heterocycles. The molecular formula is C12H21N3O2. The van der Waals surface area contributed by atoms with Gasteiger partial charge in [-0.15, -0.1) is 0 Å². The van der Waals surface area contributed by atoms with E-state index in [1.807, 2.05) is 6.92 Å². The van der Waals surface area contributed by atoms with Gasteiger partial charge in [0.1, 0.15) is 0 Å². The van der Waals surface area contributed by atoms with Gasteiger partial charge in [0.25, 0.3) is 0 Å². The van der Waals surface area contributed by atoms with Crippen molar-refractivity contribution in [1.29, 1.82) is 0 Å². The zero-order valence-corrected chi connectivity index (χ0v) is 10.8. The average Bonchev–Trinajstić information content (AvgIpc) is 2.29. The molecule has 0 amide bonds. The fourth-order valence-corrected chi connectivity index (χ4v) is 1.25. The summed E-state index contributed by atoms with van der Waals surface area (Å²) in [6.07, 6.45) is 2.57. The van der Waals surface area contributed by atoms with Gasteiger partial charge in [0.15, 0.2) is 0 Å². The molecule has 1 rings (SSSR count). The molecule has 0 bridgehead atoms. The highest BCUT2D eigenvalue weighted by atomic mass is 16.5. The molecule has 0 aliphatic rings. The first-order valence-corrected chi connectivity index (χ1v) is 6.04. The Morgan fingerprint density at radius 2 is 2.18 bits per heavy atom. The number of nitrogens with one attached hydrogen (secondary N) is 1. The summed E-state index contributed by atoms with van der Waals surface area (Å²) in [5.74, 6) is 0.554. The molecule has 5 nitrogen and oxygen atoms in total. The van der Waals surface area contributed by atoms with Crippen LogP contribution in [0.2, 0.25) is 0 Å². The Morgan fingerprint density at radius 1 is 1.35 bits per heavy atom. The van der Waals surface area contributed by atoms with Gasteiger partial charge in [0.2, 0.25) is 5.88 Å². The quantitative estimate of drug-likeness (QED) is 0.699. The Balaban J connectivity index is 2.24. The zero-order valence-electron chi connectivity index (χ0n) is 10.8. The molecule has 5 heteroatoms. The topological polar surface area (TPSA) is 56.3 Å². The highest BCUT2D eigenvalue weighted by Crippen LogP contribution is 2.09. The standard InChI is InChI=1S/C12H21N3O2/c1-4-16-11-6-8-14-12(15-11)17-9-5-7-13-10(2)3/h6,8,10,13H,4-5,7,9H2,1-3H3. The SMILES string of the molecule is CCOc1ccnc(OCCCNC(C)C)n1. The van der Waals surface area contributed by atoms with Crippen molar-refractivity contribution in [1.82, 2.24) is 15.3 Å². The van der Waals surface area contributed by atoms with Gasteiger partial charge in [-0.2, -0.15) is 4.98 Å². The molecule has 1 aromatic rings. The summed E-state index contributed by atoms with van der Waals surface area (Å²) < 4.78 is 10.7. The molecule has 1 N–H and O–H groups in total. The van der Waals surface area contributed by atoms with Gasteiger partial charge >= 0.3 is 6.01 Å². The summed E-state index contributed by atoms with van der Waals surface area (Å²) >= 11 is 0. The van der Waals surface area contributed by atoms with Crippen LogP contribution in [0.1, 0.15) is 27.2 Å². The number of hydrogen-bond donors (Lipinski definition) is 1. The van der Waals surface area contributed by atoms with Crippen LogP contribution in [-0.4, -0.2) is 35.8 Å². The van der Waals surface area contributed by atoms with E-state index >= 15 is 0 Å². The van der Waals surface area contributed by atoms with Gasteiger partial charge in [-0.1, -0.05) is 13.8 Å². The van der Waals surface area contributed by atoms with Crippen molar-refractivity contribution in [3.05, 3.63) is 12.3 Å². The van der Waals surface area contributed by atoms with Crippen LogP contribution in [0.25, 0.3) is 0 Å². The molecule has 96 valence electrons. The minimum absolute atomic E-state index is 0.375. The number of nitrogens with zero attached hydrogens (tertiary/aromatic N) is 2. The maximum atomic E-state index is 5.43. The van der Waals surface area contributed by atoms with Crippen LogP contribution in [0, 0.1) is 0 Å². The number of rotatable bonds is 8. The van der Waals surface area contributed by atoms with Gasteiger partial charge in [0.05, 0.1) is 13.2 Å². The number of ether oxygens (including phenoxy) is 2. The predicted molar refractivity (Wildman–Crippen MR) is 66.5 cm³/mol. The average molecular weight is 239 g/mol. The second-order valence-corrected chi connectivity index (χ2v) is 3.92. The Labute approximate surface area is 103 Å². The highest BCUT2D eigenvalue weighted by Gasteiger charge is 2.00. The monoisotopic (exact) mass is 239 g/mol. The van der Waals surface area contributed by atoms with Crippen molar-refractivity contribution in [3.63, 3.8) is 0 Å². The van der Waals surface area contributed by atoms with Crippen LogP contribution >= 0.6 is 0 Å². The van der Waals surface area contributed by atoms with Crippen LogP contribution < -0.4 is 14.8 Å². The lowest BCUT2D eigenvalue weighted by atomic mass is 10.3. The lowest BCUT2D eigenvalue weighted by Gasteiger charge is -2.08. The van der Waals surface area contributed by atoms with E-state index in [1.54, 1.807) is 12.3 Å². The van der Waals surface area contributed by atoms with Crippen molar-refractivity contribution < 1.29 is 9.47 Å². The second-order valence-electron chi connectivity index (χ2n) is 3.92. The molecule has 0 saturated heterocycles. The predicted octanol–water partition coefficient (Wildman–Crippen LogP) is 1.64. The normalized spacial score (nSPS) is 10.6. The van der Waals surface area contributed by atoms with E-state index in [1.165, 1.54) is 0 Å². The van der Waals surface area contributed by atoms with Crippen molar-refractivity contribution in [2.45, 2.75) is 33.2 Å². The minimum atomic E-state index is 0.375. The second kappa shape index (κ2) is 7.84. The molecule has 0 aliphatic carbocycles.